The van der Waals surface area contributed by atoms with Crippen LogP contribution in [-0.4, -0.2) is 24.0 Å². The van der Waals surface area contributed by atoms with Crippen molar-refractivity contribution >= 4 is 23.0 Å². The smallest absolute Gasteiger partial charge is 0.271 e. The van der Waals surface area contributed by atoms with E-state index in [4.69, 9.17) is 14.7 Å². The summed E-state index contributed by atoms with van der Waals surface area (Å²) in [6.45, 7) is 1.67. The summed E-state index contributed by atoms with van der Waals surface area (Å²) in [6, 6.07) is 19.2. The maximum atomic E-state index is 12.6. The van der Waals surface area contributed by atoms with Gasteiger partial charge in [-0.3, -0.25) is 14.9 Å². The Balaban J connectivity index is 1.62. The lowest BCUT2D eigenvalue weighted by Crippen LogP contribution is -2.32. The molecule has 0 saturated heterocycles. The van der Waals surface area contributed by atoms with Gasteiger partial charge in [-0.15, -0.1) is 0 Å². The van der Waals surface area contributed by atoms with Crippen molar-refractivity contribution in [3.63, 3.8) is 0 Å². The molecular weight excluding hydrogens is 412 g/mol. The Kier molecular flexibility index (Phi) is 6.88. The third-order valence-electron chi connectivity index (χ3n) is 4.50. The van der Waals surface area contributed by atoms with Crippen LogP contribution >= 0.6 is 0 Å². The van der Waals surface area contributed by atoms with Gasteiger partial charge < -0.3 is 20.1 Å². The monoisotopic (exact) mass is 432 g/mol. The van der Waals surface area contributed by atoms with Gasteiger partial charge in [0.05, 0.1) is 29.4 Å². The number of non-ortho nitro benzene ring substituents is 1. The molecule has 0 fully saturated rings. The molecule has 32 heavy (non-hydrogen) atoms. The van der Waals surface area contributed by atoms with E-state index in [1.807, 2.05) is 6.07 Å². The van der Waals surface area contributed by atoms with Gasteiger partial charge in [-0.1, -0.05) is 0 Å². The Hall–Kier alpha value is -4.58. The number of hydrogen-bond donors (Lipinski definition) is 2. The van der Waals surface area contributed by atoms with Gasteiger partial charge in [-0.2, -0.15) is 5.26 Å². The lowest BCUT2D eigenvalue weighted by molar-refractivity contribution is -0.384. The molecule has 0 aliphatic rings. The lowest BCUT2D eigenvalue weighted by atomic mass is 10.2. The van der Waals surface area contributed by atoms with E-state index in [-0.39, 0.29) is 17.3 Å². The predicted molar refractivity (Wildman–Crippen MR) is 119 cm³/mol. The normalized spacial score (nSPS) is 11.0. The fourth-order valence-corrected chi connectivity index (χ4v) is 2.82. The number of rotatable bonds is 8. The van der Waals surface area contributed by atoms with Gasteiger partial charge in [0.2, 0.25) is 5.91 Å². The van der Waals surface area contributed by atoms with Crippen LogP contribution in [0.15, 0.2) is 66.7 Å². The van der Waals surface area contributed by atoms with E-state index in [0.717, 1.165) is 0 Å². The molecule has 3 rings (SSSR count). The van der Waals surface area contributed by atoms with Crippen molar-refractivity contribution in [1.29, 1.82) is 5.26 Å². The highest BCUT2D eigenvalue weighted by molar-refractivity contribution is 5.97. The number of ether oxygens (including phenoxy) is 2. The van der Waals surface area contributed by atoms with E-state index in [1.54, 1.807) is 55.5 Å². The molecule has 0 radical (unpaired) electrons. The second kappa shape index (κ2) is 9.95. The first-order valence-corrected chi connectivity index (χ1v) is 9.57. The second-order valence-corrected chi connectivity index (χ2v) is 6.76. The van der Waals surface area contributed by atoms with Crippen LogP contribution < -0.4 is 20.1 Å². The van der Waals surface area contributed by atoms with Gasteiger partial charge in [0.15, 0.2) is 0 Å². The highest BCUT2D eigenvalue weighted by Crippen LogP contribution is 2.29. The summed E-state index contributed by atoms with van der Waals surface area (Å²) in [5, 5.41) is 25.6. The van der Waals surface area contributed by atoms with E-state index >= 15 is 0 Å². The number of nitro groups is 1. The molecule has 3 aromatic carbocycles. The minimum atomic E-state index is -0.635. The summed E-state index contributed by atoms with van der Waals surface area (Å²) < 4.78 is 10.9. The molecule has 0 aliphatic carbocycles. The Labute approximate surface area is 184 Å². The summed E-state index contributed by atoms with van der Waals surface area (Å²) in [7, 11) is 1.42. The number of methoxy groups -OCH3 is 1. The number of nitriles is 1. The third-order valence-corrected chi connectivity index (χ3v) is 4.50. The van der Waals surface area contributed by atoms with Crippen molar-refractivity contribution < 1.29 is 19.2 Å². The maximum Gasteiger partial charge on any atom is 0.271 e. The number of hydrogen-bond acceptors (Lipinski definition) is 7. The molecule has 1 amide bonds. The quantitative estimate of drug-likeness (QED) is 0.390. The molecule has 1 atom stereocenters. The van der Waals surface area contributed by atoms with Crippen LogP contribution in [0.5, 0.6) is 17.2 Å². The molecule has 0 aromatic heterocycles. The number of carbonyl (C=O) groups is 1. The first-order chi connectivity index (χ1) is 15.4. The van der Waals surface area contributed by atoms with Crippen molar-refractivity contribution in [1.82, 2.24) is 0 Å². The summed E-state index contributed by atoms with van der Waals surface area (Å²) in [5.41, 5.74) is 1.30. The van der Waals surface area contributed by atoms with Crippen LogP contribution in [0.3, 0.4) is 0 Å². The number of nitrogens with zero attached hydrogens (tertiary/aromatic N) is 2. The molecule has 0 heterocycles. The number of carbonyl (C=O) groups excluding carboxylic acids is 1. The highest BCUT2D eigenvalue weighted by Gasteiger charge is 2.17. The SMILES string of the molecule is COc1ccc([N+](=O)[O-])cc1NC(=O)C(C)Nc1ccc(Oc2ccc(C#N)cc2)cc1. The van der Waals surface area contributed by atoms with Gasteiger partial charge in [0.25, 0.3) is 5.69 Å². The van der Waals surface area contributed by atoms with Crippen molar-refractivity contribution in [2.75, 3.05) is 17.7 Å². The van der Waals surface area contributed by atoms with Crippen LogP contribution in [-0.2, 0) is 4.79 Å². The molecular formula is C23H20N4O5. The predicted octanol–water partition coefficient (Wildman–Crippen LogP) is 4.71. The zero-order chi connectivity index (χ0) is 23.1. The molecule has 1 unspecified atom stereocenters. The first kappa shape index (κ1) is 22.1. The van der Waals surface area contributed by atoms with Gasteiger partial charge in [-0.05, 0) is 61.5 Å². The van der Waals surface area contributed by atoms with Gasteiger partial charge in [0, 0.05) is 17.8 Å². The van der Waals surface area contributed by atoms with Crippen LogP contribution in [0.1, 0.15) is 12.5 Å². The van der Waals surface area contributed by atoms with Crippen LogP contribution in [0.25, 0.3) is 0 Å². The summed E-state index contributed by atoms with van der Waals surface area (Å²) in [4.78, 5) is 23.0. The number of nitrogens with one attached hydrogen (secondary N) is 2. The van der Waals surface area contributed by atoms with E-state index in [0.29, 0.717) is 28.5 Å². The summed E-state index contributed by atoms with van der Waals surface area (Å²) in [5.74, 6) is 1.13. The Morgan fingerprint density at radius 2 is 1.69 bits per heavy atom. The molecule has 3 aromatic rings. The van der Waals surface area contributed by atoms with Crippen LogP contribution in [0.4, 0.5) is 17.1 Å². The average molecular weight is 432 g/mol. The minimum absolute atomic E-state index is 0.153. The van der Waals surface area contributed by atoms with Crippen LogP contribution in [0.2, 0.25) is 0 Å². The topological polar surface area (TPSA) is 127 Å². The largest absolute Gasteiger partial charge is 0.495 e. The fourth-order valence-electron chi connectivity index (χ4n) is 2.82. The average Bonchev–Trinajstić information content (AvgIpc) is 2.80. The van der Waals surface area contributed by atoms with E-state index in [1.165, 1.54) is 25.3 Å². The van der Waals surface area contributed by atoms with Crippen molar-refractivity contribution in [3.8, 4) is 23.3 Å². The van der Waals surface area contributed by atoms with Crippen LogP contribution in [0, 0.1) is 21.4 Å². The number of anilines is 2. The number of benzene rings is 3. The molecule has 0 bridgehead atoms. The number of amides is 1. The third kappa shape index (κ3) is 5.52. The maximum absolute atomic E-state index is 12.6. The van der Waals surface area contributed by atoms with E-state index < -0.39 is 11.0 Å². The second-order valence-electron chi connectivity index (χ2n) is 6.76. The van der Waals surface area contributed by atoms with E-state index in [9.17, 15) is 14.9 Å². The highest BCUT2D eigenvalue weighted by atomic mass is 16.6. The minimum Gasteiger partial charge on any atom is -0.495 e. The van der Waals surface area contributed by atoms with Gasteiger partial charge >= 0.3 is 0 Å². The molecule has 0 saturated carbocycles. The van der Waals surface area contributed by atoms with Crippen molar-refractivity contribution in [2.45, 2.75) is 13.0 Å². The molecule has 2 N–H and O–H groups in total. The fraction of sp³-hybridized carbons (Fsp3) is 0.130. The van der Waals surface area contributed by atoms with Crippen molar-refractivity contribution in [2.24, 2.45) is 0 Å². The zero-order valence-corrected chi connectivity index (χ0v) is 17.4. The van der Waals surface area contributed by atoms with Crippen molar-refractivity contribution in [3.05, 3.63) is 82.4 Å². The molecule has 9 heteroatoms. The Morgan fingerprint density at radius 3 is 2.25 bits per heavy atom. The standard InChI is InChI=1S/C23H20N4O5/c1-15(23(28)26-21-13-18(27(29)30)7-12-22(21)31-2)25-17-5-10-20(11-6-17)32-19-8-3-16(14-24)4-9-19/h3-13,15,25H,1-2H3,(H,26,28). The molecule has 0 aliphatic heterocycles. The van der Waals surface area contributed by atoms with E-state index in [2.05, 4.69) is 10.6 Å². The van der Waals surface area contributed by atoms with Gasteiger partial charge in [0.1, 0.15) is 23.3 Å². The summed E-state index contributed by atoms with van der Waals surface area (Å²) >= 11 is 0. The Morgan fingerprint density at radius 1 is 1.06 bits per heavy atom. The Bertz CT molecular complexity index is 1150. The number of nitro benzene ring substituents is 1. The van der Waals surface area contributed by atoms with Gasteiger partial charge in [-0.25, -0.2) is 0 Å². The summed E-state index contributed by atoms with van der Waals surface area (Å²) in [6.07, 6.45) is 0. The zero-order valence-electron chi connectivity index (χ0n) is 17.4. The first-order valence-electron chi connectivity index (χ1n) is 9.57. The molecule has 0 spiro atoms. The lowest BCUT2D eigenvalue weighted by Gasteiger charge is -2.17. The molecule has 9 nitrogen and oxygen atoms in total. The molecule has 162 valence electrons.